The molecule has 0 aliphatic rings. The van der Waals surface area contributed by atoms with Crippen molar-refractivity contribution < 1.29 is 9.02 Å². The molecule has 0 aliphatic carbocycles. The van der Waals surface area contributed by atoms with Crippen LogP contribution in [0, 0.1) is 0 Å². The summed E-state index contributed by atoms with van der Waals surface area (Å²) in [5.41, 5.74) is 9.19. The summed E-state index contributed by atoms with van der Waals surface area (Å²) in [6.07, 6.45) is 5.00. The minimum Gasteiger partial charge on any atom is -0.497 e. The summed E-state index contributed by atoms with van der Waals surface area (Å²) < 4.78 is 6.93. The van der Waals surface area contributed by atoms with Crippen molar-refractivity contribution in [3.8, 4) is 17.0 Å². The zero-order valence-electron chi connectivity index (χ0n) is 15.0. The molecule has 0 saturated carbocycles. The quantitative estimate of drug-likeness (QED) is 0.554. The van der Waals surface area contributed by atoms with Gasteiger partial charge < -0.3 is 15.8 Å². The van der Waals surface area contributed by atoms with Gasteiger partial charge >= 0.3 is 0 Å². The van der Waals surface area contributed by atoms with Gasteiger partial charge in [-0.25, -0.2) is 19.5 Å². The summed E-state index contributed by atoms with van der Waals surface area (Å²) in [4.78, 5) is 13.0. The van der Waals surface area contributed by atoms with Gasteiger partial charge in [-0.05, 0) is 30.7 Å². The number of rotatable bonds is 5. The van der Waals surface area contributed by atoms with Gasteiger partial charge in [-0.2, -0.15) is 0 Å². The highest BCUT2D eigenvalue weighted by Gasteiger charge is 2.16. The van der Waals surface area contributed by atoms with Gasteiger partial charge in [0.25, 0.3) is 0 Å². The monoisotopic (exact) mass is 367 g/mol. The van der Waals surface area contributed by atoms with Crippen LogP contribution in [0.15, 0.2) is 55.1 Å². The van der Waals surface area contributed by atoms with Crippen LogP contribution in [0.4, 0.5) is 11.6 Å². The topological polar surface area (TPSA) is 103 Å². The number of aromatic nitrogens is 5. The zero-order chi connectivity index (χ0) is 18.8. The predicted octanol–water partition coefficient (Wildman–Crippen LogP) is 3.69. The first-order valence-corrected chi connectivity index (χ1v) is 8.47. The predicted molar refractivity (Wildman–Crippen MR) is 110 cm³/mol. The zero-order valence-corrected chi connectivity index (χ0v) is 15.0. The van der Waals surface area contributed by atoms with E-state index in [0.717, 1.165) is 11.3 Å². The molecule has 8 heteroatoms. The van der Waals surface area contributed by atoms with Crippen molar-refractivity contribution in [1.82, 2.24) is 24.6 Å². The summed E-state index contributed by atoms with van der Waals surface area (Å²) in [6, 6.07) is 11.6. The number of anilines is 2. The molecule has 3 heterocycles. The molecule has 0 saturated heterocycles. The molecule has 1 atom stereocenters. The first kappa shape index (κ1) is 16.8. The highest BCUT2D eigenvalue weighted by molar-refractivity contribution is 5.84. The molecule has 0 bridgehead atoms. The number of hydrogen-bond acceptors (Lipinski definition) is 7. The fourth-order valence-electron chi connectivity index (χ4n) is 2.94. The number of fused-ring (bicyclic) bond motifs is 1. The van der Waals surface area contributed by atoms with Gasteiger partial charge in [-0.3, -0.25) is 0 Å². The number of benzene rings is 1. The minimum absolute atomic E-state index is 0. The van der Waals surface area contributed by atoms with Crippen molar-refractivity contribution >= 4 is 17.3 Å². The molecule has 4 rings (SSSR count). The standard InChI is InChI=1S/C19H19N7O.3H2/c1-12(13-5-3-6-14(9-13)27-2)24-16-10-15(22-11-23-16)17-18(20)25-26-8-4-7-21-19(17)26;;;/h3-12H,1-2H3,(H2,20,25)(H,22,23,24);3*1H/t12-;;;/m0.../s1. The smallest absolute Gasteiger partial charge is 0.166 e. The second-order valence-electron chi connectivity index (χ2n) is 6.08. The number of nitrogens with two attached hydrogens (primary N) is 1. The third-order valence-electron chi connectivity index (χ3n) is 4.30. The molecule has 0 fully saturated rings. The number of methoxy groups -OCH3 is 1. The Morgan fingerprint density at radius 2 is 2.07 bits per heavy atom. The molecule has 0 amide bonds. The van der Waals surface area contributed by atoms with Crippen molar-refractivity contribution in [2.45, 2.75) is 13.0 Å². The van der Waals surface area contributed by atoms with E-state index in [-0.39, 0.29) is 10.3 Å². The lowest BCUT2D eigenvalue weighted by Gasteiger charge is -2.16. The average Bonchev–Trinajstić information content (AvgIpc) is 3.04. The van der Waals surface area contributed by atoms with Crippen LogP contribution in [-0.2, 0) is 0 Å². The molecule has 0 radical (unpaired) electrons. The van der Waals surface area contributed by atoms with Crippen LogP contribution in [0.2, 0.25) is 0 Å². The van der Waals surface area contributed by atoms with Crippen LogP contribution < -0.4 is 15.8 Å². The van der Waals surface area contributed by atoms with E-state index < -0.39 is 0 Å². The lowest BCUT2D eigenvalue weighted by atomic mass is 10.1. The molecule has 27 heavy (non-hydrogen) atoms. The van der Waals surface area contributed by atoms with Crippen molar-refractivity contribution in [2.75, 3.05) is 18.2 Å². The van der Waals surface area contributed by atoms with E-state index in [1.165, 1.54) is 6.33 Å². The molecule has 3 N–H and O–H groups in total. The number of ether oxygens (including phenoxy) is 1. The van der Waals surface area contributed by atoms with Gasteiger partial charge in [-0.1, -0.05) is 12.1 Å². The molecule has 3 aromatic heterocycles. The number of nitrogen functional groups attached to an aromatic ring is 1. The SMILES string of the molecule is COc1cccc([C@H](C)Nc2cc(-c3c(N)nn4cccnc34)ncn2)c1.[HH].[HH].[HH]. The van der Waals surface area contributed by atoms with Gasteiger partial charge in [0.05, 0.1) is 24.4 Å². The Kier molecular flexibility index (Phi) is 4.29. The van der Waals surface area contributed by atoms with Crippen molar-refractivity contribution in [3.05, 3.63) is 60.7 Å². The molecule has 0 aliphatic heterocycles. The van der Waals surface area contributed by atoms with Crippen molar-refractivity contribution in [3.63, 3.8) is 0 Å². The summed E-state index contributed by atoms with van der Waals surface area (Å²) in [5, 5.41) is 7.67. The van der Waals surface area contributed by atoms with Crippen LogP contribution in [0.5, 0.6) is 5.75 Å². The summed E-state index contributed by atoms with van der Waals surface area (Å²) in [5.74, 6) is 1.87. The third-order valence-corrected chi connectivity index (χ3v) is 4.30. The van der Waals surface area contributed by atoms with Gasteiger partial charge in [-0.15, -0.1) is 5.10 Å². The maximum atomic E-state index is 6.09. The molecular weight excluding hydrogens is 342 g/mol. The average molecular weight is 367 g/mol. The third kappa shape index (κ3) is 3.24. The van der Waals surface area contributed by atoms with E-state index in [4.69, 9.17) is 10.5 Å². The van der Waals surface area contributed by atoms with Crippen molar-refractivity contribution in [1.29, 1.82) is 0 Å². The molecule has 0 unspecified atom stereocenters. The van der Waals surface area contributed by atoms with Gasteiger partial charge in [0.1, 0.15) is 17.9 Å². The number of hydrogen-bond donors (Lipinski definition) is 2. The second kappa shape index (κ2) is 6.91. The summed E-state index contributed by atoms with van der Waals surface area (Å²) >= 11 is 0. The van der Waals surface area contributed by atoms with E-state index in [0.29, 0.717) is 28.5 Å². The van der Waals surface area contributed by atoms with Gasteiger partial charge in [0.2, 0.25) is 0 Å². The minimum atomic E-state index is 0. The highest BCUT2D eigenvalue weighted by Crippen LogP contribution is 2.29. The maximum absolute atomic E-state index is 6.09. The Morgan fingerprint density at radius 3 is 2.93 bits per heavy atom. The van der Waals surface area contributed by atoms with Crippen molar-refractivity contribution in [2.24, 2.45) is 0 Å². The van der Waals surface area contributed by atoms with Crippen LogP contribution in [-0.4, -0.2) is 31.7 Å². The highest BCUT2D eigenvalue weighted by atomic mass is 16.5. The van der Waals surface area contributed by atoms with E-state index in [2.05, 4.69) is 32.3 Å². The first-order chi connectivity index (χ1) is 13.2. The Hall–Kier alpha value is -3.68. The molecule has 4 aromatic rings. The maximum Gasteiger partial charge on any atom is 0.166 e. The first-order valence-electron chi connectivity index (χ1n) is 8.47. The lowest BCUT2D eigenvalue weighted by molar-refractivity contribution is 0.414. The van der Waals surface area contributed by atoms with E-state index in [1.54, 1.807) is 30.1 Å². The van der Waals surface area contributed by atoms with E-state index in [9.17, 15) is 0 Å². The number of nitrogens with one attached hydrogen (secondary N) is 1. The van der Waals surface area contributed by atoms with Crippen LogP contribution in [0.3, 0.4) is 0 Å². The fraction of sp³-hybridized carbons (Fsp3) is 0.158. The van der Waals surface area contributed by atoms with Gasteiger partial charge in [0, 0.05) is 22.7 Å². The summed E-state index contributed by atoms with van der Waals surface area (Å²) in [7, 11) is 1.66. The molecular formula is C19H25N7O. The fourth-order valence-corrected chi connectivity index (χ4v) is 2.94. The van der Waals surface area contributed by atoms with Crippen LogP contribution in [0.1, 0.15) is 22.8 Å². The normalized spacial score (nSPS) is 12.1. The Morgan fingerprint density at radius 1 is 1.19 bits per heavy atom. The molecule has 142 valence electrons. The lowest BCUT2D eigenvalue weighted by Crippen LogP contribution is -2.08. The van der Waals surface area contributed by atoms with E-state index >= 15 is 0 Å². The second-order valence-corrected chi connectivity index (χ2v) is 6.08. The Balaban J connectivity index is 0.00000150. The number of nitrogens with zero attached hydrogens (tertiary/aromatic N) is 5. The van der Waals surface area contributed by atoms with Gasteiger partial charge in [0.15, 0.2) is 11.5 Å². The largest absolute Gasteiger partial charge is 0.497 e. The molecule has 8 nitrogen and oxygen atoms in total. The Labute approximate surface area is 160 Å². The van der Waals surface area contributed by atoms with Crippen LogP contribution in [0.25, 0.3) is 16.9 Å². The van der Waals surface area contributed by atoms with Crippen LogP contribution >= 0.6 is 0 Å². The molecule has 0 spiro atoms. The Bertz CT molecular complexity index is 1110. The summed E-state index contributed by atoms with van der Waals surface area (Å²) in [6.45, 7) is 2.06. The van der Waals surface area contributed by atoms with E-state index in [1.807, 2.05) is 30.3 Å². The molecule has 1 aromatic carbocycles.